The molecule has 20 heavy (non-hydrogen) atoms. The molecule has 1 amide bonds. The van der Waals surface area contributed by atoms with E-state index in [1.54, 1.807) is 6.92 Å². The molecule has 2 heterocycles. The number of aliphatic carboxylic acids is 1. The number of hydrogen-bond acceptors (Lipinski definition) is 6. The molecule has 2 rings (SSSR count). The zero-order valence-electron chi connectivity index (χ0n) is 12.0. The van der Waals surface area contributed by atoms with E-state index in [9.17, 15) is 19.8 Å². The number of fused-ring (bicyclic) bond motifs is 1. The summed E-state index contributed by atoms with van der Waals surface area (Å²) in [5.41, 5.74) is -0.0681. The van der Waals surface area contributed by atoms with Crippen LogP contribution in [0.2, 0.25) is 0 Å². The molecular formula is C12H16KNO5S. The normalized spacial score (nSPS) is 29.7. The Balaban J connectivity index is 0.00000200. The number of thioether (sulfide) groups is 1. The first-order valence-corrected chi connectivity index (χ1v) is 6.98. The van der Waals surface area contributed by atoms with Gasteiger partial charge in [-0.15, -0.1) is 0 Å². The Morgan fingerprint density at radius 3 is 2.65 bits per heavy atom. The van der Waals surface area contributed by atoms with Gasteiger partial charge in [-0.2, -0.15) is 0 Å². The predicted molar refractivity (Wildman–Crippen MR) is 66.5 cm³/mol. The topological polar surface area (TPSA) is 89.9 Å². The number of carbonyl (C=O) groups is 2. The van der Waals surface area contributed by atoms with Gasteiger partial charge in [-0.05, 0) is 6.92 Å². The van der Waals surface area contributed by atoms with Crippen molar-refractivity contribution in [2.75, 3.05) is 13.0 Å². The van der Waals surface area contributed by atoms with Gasteiger partial charge in [0.1, 0.15) is 0 Å². The predicted octanol–water partition coefficient (Wildman–Crippen LogP) is -3.85. The summed E-state index contributed by atoms with van der Waals surface area (Å²) in [6.07, 6.45) is -0.786. The third-order valence-electron chi connectivity index (χ3n) is 3.63. The van der Waals surface area contributed by atoms with Crippen LogP contribution in [0.25, 0.3) is 0 Å². The Kier molecular flexibility index (Phi) is 6.74. The molecular weight excluding hydrogens is 309 g/mol. The maximum absolute atomic E-state index is 12.0. The van der Waals surface area contributed by atoms with Gasteiger partial charge in [0.2, 0.25) is 5.91 Å². The molecule has 4 atom stereocenters. The molecule has 2 aliphatic rings. The summed E-state index contributed by atoms with van der Waals surface area (Å²) in [4.78, 5) is 25.0. The van der Waals surface area contributed by atoms with E-state index in [0.717, 1.165) is 0 Å². The summed E-state index contributed by atoms with van der Waals surface area (Å²) in [5, 5.41) is 20.9. The summed E-state index contributed by atoms with van der Waals surface area (Å²) in [6, 6.07) is -0.292. The van der Waals surface area contributed by atoms with Crippen molar-refractivity contribution in [2.24, 2.45) is 11.8 Å². The molecule has 0 radical (unpaired) electrons. The number of hydrogen-bond donors (Lipinski definition) is 1. The molecule has 0 aromatic rings. The average molecular weight is 325 g/mol. The Labute approximate surface area is 164 Å². The van der Waals surface area contributed by atoms with Crippen molar-refractivity contribution in [1.29, 1.82) is 0 Å². The molecule has 0 aromatic heterocycles. The standard InChI is InChI=1S/C12H17NO5S.K/c1-5-8-7(6(2)14)11(15)13(8)9(12(16)17)10(5)19-4-18-3;/h5-8,14H,4H2,1-3H3,(H,16,17);/q;+1/p-1/t5-,6-,7-,8-;/m1./s1. The number of amides is 1. The fourth-order valence-electron chi connectivity index (χ4n) is 2.83. The van der Waals surface area contributed by atoms with E-state index in [0.29, 0.717) is 10.8 Å². The third kappa shape index (κ3) is 2.89. The van der Waals surface area contributed by atoms with Gasteiger partial charge in [-0.3, -0.25) is 4.79 Å². The van der Waals surface area contributed by atoms with Crippen LogP contribution in [0.1, 0.15) is 13.8 Å². The van der Waals surface area contributed by atoms with E-state index < -0.39 is 18.0 Å². The van der Waals surface area contributed by atoms with Gasteiger partial charge in [0.05, 0.1) is 35.7 Å². The smallest absolute Gasteiger partial charge is 0.543 e. The number of aliphatic hydroxyl groups excluding tert-OH is 1. The van der Waals surface area contributed by atoms with Crippen molar-refractivity contribution < 1.29 is 75.9 Å². The first-order chi connectivity index (χ1) is 8.91. The molecule has 0 bridgehead atoms. The van der Waals surface area contributed by atoms with Crippen molar-refractivity contribution in [3.8, 4) is 0 Å². The SMILES string of the molecule is COCSC1=C(C(=O)[O-])N2C(=O)[C@H]([C@@H](C)O)[C@H]2[C@H]1C.[K+]. The minimum absolute atomic E-state index is 0. The quantitative estimate of drug-likeness (QED) is 0.316. The summed E-state index contributed by atoms with van der Waals surface area (Å²) < 4.78 is 4.93. The number of methoxy groups -OCH3 is 1. The van der Waals surface area contributed by atoms with Crippen LogP contribution in [0.15, 0.2) is 10.6 Å². The van der Waals surface area contributed by atoms with Gasteiger partial charge in [-0.1, -0.05) is 18.7 Å². The molecule has 1 saturated heterocycles. The van der Waals surface area contributed by atoms with Gasteiger partial charge in [0.25, 0.3) is 0 Å². The molecule has 8 heteroatoms. The molecule has 0 spiro atoms. The zero-order chi connectivity index (χ0) is 14.3. The first kappa shape index (κ1) is 18.6. The molecule has 0 unspecified atom stereocenters. The molecule has 0 aromatic carbocycles. The van der Waals surface area contributed by atoms with Gasteiger partial charge in [-0.25, -0.2) is 0 Å². The Hall–Kier alpha value is 0.586. The fraction of sp³-hybridized carbons (Fsp3) is 0.667. The van der Waals surface area contributed by atoms with Gasteiger partial charge in [0, 0.05) is 17.9 Å². The number of ether oxygens (including phenoxy) is 1. The molecule has 6 nitrogen and oxygen atoms in total. The molecule has 1 N–H and O–H groups in total. The summed E-state index contributed by atoms with van der Waals surface area (Å²) >= 11 is 1.25. The molecule has 0 aliphatic carbocycles. The maximum atomic E-state index is 12.0. The summed E-state index contributed by atoms with van der Waals surface area (Å²) in [6.45, 7) is 3.40. The second-order valence-electron chi connectivity index (χ2n) is 4.81. The second-order valence-corrected chi connectivity index (χ2v) is 5.77. The van der Waals surface area contributed by atoms with E-state index in [1.807, 2.05) is 6.92 Å². The molecule has 1 fully saturated rings. The summed E-state index contributed by atoms with van der Waals surface area (Å²) in [7, 11) is 1.52. The molecule has 106 valence electrons. The van der Waals surface area contributed by atoms with E-state index in [1.165, 1.54) is 23.8 Å². The van der Waals surface area contributed by atoms with Crippen molar-refractivity contribution in [1.82, 2.24) is 4.90 Å². The van der Waals surface area contributed by atoms with Crippen LogP contribution in [0, 0.1) is 11.8 Å². The number of rotatable bonds is 5. The number of carbonyl (C=O) groups excluding carboxylic acids is 2. The second kappa shape index (κ2) is 7.23. The van der Waals surface area contributed by atoms with Crippen LogP contribution in [0.4, 0.5) is 0 Å². The maximum Gasteiger partial charge on any atom is 1.00 e. The largest absolute Gasteiger partial charge is 1.00 e. The number of carboxylic acid groups (broad SMARTS) is 1. The van der Waals surface area contributed by atoms with Crippen LogP contribution < -0.4 is 56.5 Å². The van der Waals surface area contributed by atoms with E-state index in [-0.39, 0.29) is 74.9 Å². The number of nitrogens with zero attached hydrogens (tertiary/aromatic N) is 1. The fourth-order valence-corrected chi connectivity index (χ4v) is 3.79. The van der Waals surface area contributed by atoms with Crippen LogP contribution in [0.5, 0.6) is 0 Å². The van der Waals surface area contributed by atoms with Gasteiger partial charge in [0.15, 0.2) is 0 Å². The van der Waals surface area contributed by atoms with E-state index in [2.05, 4.69) is 0 Å². The Morgan fingerprint density at radius 2 is 2.20 bits per heavy atom. The molecule has 0 saturated carbocycles. The monoisotopic (exact) mass is 325 g/mol. The van der Waals surface area contributed by atoms with Crippen molar-refractivity contribution in [3.05, 3.63) is 10.6 Å². The van der Waals surface area contributed by atoms with Crippen LogP contribution in [-0.2, 0) is 14.3 Å². The van der Waals surface area contributed by atoms with Crippen LogP contribution >= 0.6 is 11.8 Å². The number of β-lactam (4-membered cyclic amide) rings is 1. The van der Waals surface area contributed by atoms with Crippen molar-refractivity contribution in [2.45, 2.75) is 26.0 Å². The minimum atomic E-state index is -1.36. The van der Waals surface area contributed by atoms with Gasteiger partial charge >= 0.3 is 51.4 Å². The minimum Gasteiger partial charge on any atom is -0.543 e. The Bertz CT molecular complexity index is 453. The zero-order valence-corrected chi connectivity index (χ0v) is 15.9. The van der Waals surface area contributed by atoms with Gasteiger partial charge < -0.3 is 24.6 Å². The van der Waals surface area contributed by atoms with Crippen LogP contribution in [0.3, 0.4) is 0 Å². The van der Waals surface area contributed by atoms with Crippen LogP contribution in [-0.4, -0.2) is 47.1 Å². The molecule has 2 aliphatic heterocycles. The number of carboxylic acids is 1. The van der Waals surface area contributed by atoms with Crippen molar-refractivity contribution >= 4 is 23.6 Å². The summed E-state index contributed by atoms with van der Waals surface area (Å²) in [5.74, 6) is -2.07. The number of aliphatic hydroxyl groups is 1. The first-order valence-electron chi connectivity index (χ1n) is 6.00. The Morgan fingerprint density at radius 1 is 1.60 bits per heavy atom. The van der Waals surface area contributed by atoms with E-state index >= 15 is 0 Å². The van der Waals surface area contributed by atoms with E-state index in [4.69, 9.17) is 4.74 Å². The third-order valence-corrected chi connectivity index (χ3v) is 4.86. The average Bonchev–Trinajstić information content (AvgIpc) is 2.56. The van der Waals surface area contributed by atoms with Crippen molar-refractivity contribution in [3.63, 3.8) is 0 Å².